The van der Waals surface area contributed by atoms with Gasteiger partial charge in [0, 0.05) is 23.5 Å². The zero-order valence-corrected chi connectivity index (χ0v) is 14.8. The maximum Gasteiger partial charge on any atom is 0.269 e. The Bertz CT molecular complexity index is 1310. The maximum atomic E-state index is 14.9. The van der Waals surface area contributed by atoms with Gasteiger partial charge < -0.3 is 4.57 Å². The molecule has 0 saturated heterocycles. The number of benzene rings is 2. The van der Waals surface area contributed by atoms with Crippen LogP contribution in [0.2, 0.25) is 0 Å². The van der Waals surface area contributed by atoms with Gasteiger partial charge in [0.25, 0.3) is 5.56 Å². The van der Waals surface area contributed by atoms with Crippen molar-refractivity contribution in [3.8, 4) is 11.1 Å². The van der Waals surface area contributed by atoms with Gasteiger partial charge in [-0.15, -0.1) is 0 Å². The van der Waals surface area contributed by atoms with Crippen LogP contribution in [0.3, 0.4) is 0 Å². The first kappa shape index (κ1) is 16.5. The predicted octanol–water partition coefficient (Wildman–Crippen LogP) is 3.58. The van der Waals surface area contributed by atoms with E-state index in [1.165, 1.54) is 16.8 Å². The summed E-state index contributed by atoms with van der Waals surface area (Å²) >= 11 is 0. The molecule has 28 heavy (non-hydrogen) atoms. The molecule has 0 amide bonds. The molecule has 0 atom stereocenters. The lowest BCUT2D eigenvalue weighted by Crippen LogP contribution is -2.21. The number of nitrogens with zero attached hydrogens (tertiary/aromatic N) is 4. The minimum atomic E-state index is -0.351. The number of fused-ring (bicyclic) bond motifs is 2. The number of hydrogen-bond donors (Lipinski definition) is 0. The molecule has 6 heteroatoms. The average Bonchev–Trinajstić information content (AvgIpc) is 3.20. The van der Waals surface area contributed by atoms with Gasteiger partial charge in [0.15, 0.2) is 0 Å². The van der Waals surface area contributed by atoms with E-state index < -0.39 is 0 Å². The summed E-state index contributed by atoms with van der Waals surface area (Å²) in [6.07, 6.45) is 6.26. The fraction of sp³-hybridized carbons (Fsp3) is 0.0909. The normalized spacial score (nSPS) is 12.5. The molecule has 136 valence electrons. The second-order valence-electron chi connectivity index (χ2n) is 6.70. The second kappa shape index (κ2) is 6.49. The topological polar surface area (TPSA) is 60.1 Å². The van der Waals surface area contributed by atoms with Gasteiger partial charge in [0.05, 0.1) is 31.0 Å². The largest absolute Gasteiger partial charge is 0.301 e. The molecule has 0 saturated carbocycles. The van der Waals surface area contributed by atoms with Crippen LogP contribution in [-0.4, -0.2) is 20.7 Å². The quantitative estimate of drug-likeness (QED) is 0.554. The molecule has 2 aromatic carbocycles. The first-order valence-electron chi connectivity index (χ1n) is 8.91. The van der Waals surface area contributed by atoms with E-state index in [0.29, 0.717) is 23.1 Å². The molecule has 0 bridgehead atoms. The first-order valence-corrected chi connectivity index (χ1v) is 8.91. The van der Waals surface area contributed by atoms with Crippen molar-refractivity contribution in [3.05, 3.63) is 93.9 Å². The van der Waals surface area contributed by atoms with E-state index in [-0.39, 0.29) is 17.9 Å². The molecule has 0 radical (unpaired) electrons. The third kappa shape index (κ3) is 2.70. The van der Waals surface area contributed by atoms with E-state index in [1.807, 2.05) is 30.5 Å². The lowest BCUT2D eigenvalue weighted by Gasteiger charge is -2.12. The van der Waals surface area contributed by atoms with E-state index in [4.69, 9.17) is 0 Å². The van der Waals surface area contributed by atoms with Crippen LogP contribution in [0.15, 0.2) is 70.8 Å². The standard InChI is InChI=1S/C22H15FN4O/c23-19-8-14(17-3-1-2-15-9-25-10-18(15)17)4-5-16(19)13-27-21-6-7-24-11-20(21)26-12-22(27)28/h1-8,10-12H,9,13H2. The van der Waals surface area contributed by atoms with Crippen molar-refractivity contribution in [2.75, 3.05) is 0 Å². The Morgan fingerprint density at radius 3 is 2.93 bits per heavy atom. The van der Waals surface area contributed by atoms with Crippen LogP contribution in [0.1, 0.15) is 16.7 Å². The van der Waals surface area contributed by atoms with Crippen LogP contribution in [-0.2, 0) is 13.1 Å². The van der Waals surface area contributed by atoms with Gasteiger partial charge in [-0.3, -0.25) is 14.8 Å². The van der Waals surface area contributed by atoms with Gasteiger partial charge in [-0.2, -0.15) is 0 Å². The van der Waals surface area contributed by atoms with E-state index >= 15 is 0 Å². The summed E-state index contributed by atoms with van der Waals surface area (Å²) in [6, 6.07) is 12.8. The number of rotatable bonds is 3. The number of hydrogen-bond acceptors (Lipinski definition) is 4. The number of pyridine rings is 1. The summed E-state index contributed by atoms with van der Waals surface area (Å²) in [5.41, 5.74) is 5.32. The second-order valence-corrected chi connectivity index (χ2v) is 6.70. The molecular formula is C22H15FN4O. The summed E-state index contributed by atoms with van der Waals surface area (Å²) in [7, 11) is 0. The van der Waals surface area contributed by atoms with Crippen molar-refractivity contribution in [2.24, 2.45) is 4.99 Å². The van der Waals surface area contributed by atoms with Crippen LogP contribution in [0.25, 0.3) is 22.2 Å². The smallest absolute Gasteiger partial charge is 0.269 e. The van der Waals surface area contributed by atoms with Crippen molar-refractivity contribution < 1.29 is 4.39 Å². The lowest BCUT2D eigenvalue weighted by atomic mass is 9.96. The summed E-state index contributed by atoms with van der Waals surface area (Å²) < 4.78 is 16.4. The predicted molar refractivity (Wildman–Crippen MR) is 106 cm³/mol. The number of aromatic nitrogens is 3. The van der Waals surface area contributed by atoms with E-state index in [0.717, 1.165) is 22.3 Å². The van der Waals surface area contributed by atoms with E-state index in [9.17, 15) is 9.18 Å². The van der Waals surface area contributed by atoms with Crippen molar-refractivity contribution in [1.29, 1.82) is 0 Å². The fourth-order valence-electron chi connectivity index (χ4n) is 3.59. The molecule has 0 unspecified atom stereocenters. The summed E-state index contributed by atoms with van der Waals surface area (Å²) in [5.74, 6) is -0.351. The van der Waals surface area contributed by atoms with Crippen LogP contribution >= 0.6 is 0 Å². The highest BCUT2D eigenvalue weighted by Gasteiger charge is 2.14. The van der Waals surface area contributed by atoms with Crippen LogP contribution in [0.5, 0.6) is 0 Å². The molecule has 0 aliphatic carbocycles. The zero-order chi connectivity index (χ0) is 19.1. The molecule has 3 heterocycles. The van der Waals surface area contributed by atoms with Crippen molar-refractivity contribution >= 4 is 17.2 Å². The molecule has 5 nitrogen and oxygen atoms in total. The highest BCUT2D eigenvalue weighted by Crippen LogP contribution is 2.29. The van der Waals surface area contributed by atoms with Gasteiger partial charge in [-0.25, -0.2) is 9.37 Å². The molecule has 0 spiro atoms. The Balaban J connectivity index is 1.56. The minimum Gasteiger partial charge on any atom is -0.301 e. The SMILES string of the molecule is O=c1cnc2cnccc2n1Cc1ccc(-c2cccc3c2C=NC3)cc1F. The Kier molecular flexibility index (Phi) is 3.83. The number of aliphatic imine (C=N–C) groups is 1. The van der Waals surface area contributed by atoms with Gasteiger partial charge in [0.2, 0.25) is 0 Å². The zero-order valence-electron chi connectivity index (χ0n) is 14.8. The minimum absolute atomic E-state index is 0.127. The molecule has 1 aliphatic heterocycles. The third-order valence-electron chi connectivity index (χ3n) is 5.02. The van der Waals surface area contributed by atoms with Gasteiger partial charge in [-0.1, -0.05) is 30.3 Å². The van der Waals surface area contributed by atoms with Crippen LogP contribution in [0, 0.1) is 5.82 Å². The molecule has 4 aromatic rings. The van der Waals surface area contributed by atoms with Crippen LogP contribution < -0.4 is 5.56 Å². The van der Waals surface area contributed by atoms with E-state index in [1.54, 1.807) is 24.5 Å². The van der Waals surface area contributed by atoms with Crippen molar-refractivity contribution in [2.45, 2.75) is 13.1 Å². The maximum absolute atomic E-state index is 14.9. The highest BCUT2D eigenvalue weighted by atomic mass is 19.1. The first-order chi connectivity index (χ1) is 13.7. The summed E-state index contributed by atoms with van der Waals surface area (Å²) in [4.78, 5) is 24.7. The van der Waals surface area contributed by atoms with Gasteiger partial charge >= 0.3 is 0 Å². The molecule has 5 rings (SSSR count). The Hall–Kier alpha value is -3.67. The van der Waals surface area contributed by atoms with Crippen LogP contribution in [0.4, 0.5) is 4.39 Å². The molecule has 2 aromatic heterocycles. The third-order valence-corrected chi connectivity index (χ3v) is 5.02. The molecule has 1 aliphatic rings. The fourth-order valence-corrected chi connectivity index (χ4v) is 3.59. The number of halogens is 1. The average molecular weight is 370 g/mol. The monoisotopic (exact) mass is 370 g/mol. The van der Waals surface area contributed by atoms with E-state index in [2.05, 4.69) is 15.0 Å². The Labute approximate surface area is 159 Å². The summed E-state index contributed by atoms with van der Waals surface area (Å²) in [6.45, 7) is 0.791. The Morgan fingerprint density at radius 2 is 2.04 bits per heavy atom. The molecule has 0 N–H and O–H groups in total. The van der Waals surface area contributed by atoms with Crippen molar-refractivity contribution in [1.82, 2.24) is 14.5 Å². The van der Waals surface area contributed by atoms with Gasteiger partial charge in [-0.05, 0) is 28.8 Å². The summed E-state index contributed by atoms with van der Waals surface area (Å²) in [5, 5.41) is 0. The van der Waals surface area contributed by atoms with Crippen molar-refractivity contribution in [3.63, 3.8) is 0 Å². The highest BCUT2D eigenvalue weighted by molar-refractivity contribution is 5.94. The lowest BCUT2D eigenvalue weighted by molar-refractivity contribution is 0.599. The molecule has 0 fully saturated rings. The van der Waals surface area contributed by atoms with Gasteiger partial charge in [0.1, 0.15) is 11.3 Å². The Morgan fingerprint density at radius 1 is 1.11 bits per heavy atom. The molecular weight excluding hydrogens is 355 g/mol.